The van der Waals surface area contributed by atoms with Crippen LogP contribution in [0.3, 0.4) is 0 Å². The first-order valence-corrected chi connectivity index (χ1v) is 4.74. The summed E-state index contributed by atoms with van der Waals surface area (Å²) in [6.07, 6.45) is 2.71. The second kappa shape index (κ2) is 4.56. The summed E-state index contributed by atoms with van der Waals surface area (Å²) >= 11 is 0. The first kappa shape index (κ1) is 11.0. The number of aryl methyl sites for hydroxylation is 1. The maximum Gasteiger partial charge on any atom is 0.358 e. The van der Waals surface area contributed by atoms with Crippen LogP contribution in [0.4, 0.5) is 5.82 Å². The monoisotopic (exact) mass is 235 g/mol. The average Bonchev–Trinajstić information content (AvgIpc) is 2.73. The molecule has 0 saturated heterocycles. The van der Waals surface area contributed by atoms with Crippen molar-refractivity contribution in [1.82, 2.24) is 20.1 Å². The van der Waals surface area contributed by atoms with E-state index in [4.69, 9.17) is 9.63 Å². The van der Waals surface area contributed by atoms with Crippen LogP contribution in [0.2, 0.25) is 0 Å². The smallest absolute Gasteiger partial charge is 0.358 e. The van der Waals surface area contributed by atoms with Crippen molar-refractivity contribution in [2.75, 3.05) is 5.32 Å². The number of hydrogen-bond donors (Lipinski definition) is 2. The summed E-state index contributed by atoms with van der Waals surface area (Å²) in [4.78, 5) is 22.4. The van der Waals surface area contributed by atoms with Gasteiger partial charge in [-0.15, -0.1) is 0 Å². The number of carboxylic acids is 1. The first-order chi connectivity index (χ1) is 8.16. The van der Waals surface area contributed by atoms with Crippen molar-refractivity contribution >= 4 is 11.8 Å². The quantitative estimate of drug-likeness (QED) is 0.786. The van der Waals surface area contributed by atoms with Gasteiger partial charge < -0.3 is 14.9 Å². The van der Waals surface area contributed by atoms with Crippen LogP contribution in [-0.2, 0) is 6.54 Å². The van der Waals surface area contributed by atoms with Crippen LogP contribution in [0.15, 0.2) is 16.9 Å². The molecule has 2 heterocycles. The Hall–Kier alpha value is -2.51. The van der Waals surface area contributed by atoms with Crippen molar-refractivity contribution in [2.24, 2.45) is 0 Å². The van der Waals surface area contributed by atoms with Crippen LogP contribution >= 0.6 is 0 Å². The van der Waals surface area contributed by atoms with Crippen LogP contribution < -0.4 is 5.32 Å². The minimum atomic E-state index is -1.15. The number of nitrogens with zero attached hydrogens (tertiary/aromatic N) is 4. The van der Waals surface area contributed by atoms with Gasteiger partial charge in [-0.05, 0) is 0 Å². The highest BCUT2D eigenvalue weighted by atomic mass is 16.5. The number of carbonyl (C=O) groups is 1. The average molecular weight is 235 g/mol. The molecule has 8 heteroatoms. The summed E-state index contributed by atoms with van der Waals surface area (Å²) in [6.45, 7) is 1.89. The van der Waals surface area contributed by atoms with Crippen molar-refractivity contribution in [3.05, 3.63) is 29.8 Å². The minimum absolute atomic E-state index is 0.146. The molecule has 2 aromatic heterocycles. The summed E-state index contributed by atoms with van der Waals surface area (Å²) in [7, 11) is 0. The SMILES string of the molecule is Cc1nc(CNc2nccnc2C(=O)O)no1. The topological polar surface area (TPSA) is 114 Å². The standard InChI is InChI=1S/C9H9N5O3/c1-5-13-6(14-17-5)4-12-8-7(9(15)16)10-2-3-11-8/h2-3H,4H2,1H3,(H,11,12)(H,15,16). The number of aromatic nitrogens is 4. The summed E-state index contributed by atoms with van der Waals surface area (Å²) < 4.78 is 4.78. The Morgan fingerprint density at radius 3 is 2.88 bits per heavy atom. The molecule has 0 aliphatic heterocycles. The van der Waals surface area contributed by atoms with E-state index in [1.807, 2.05) is 0 Å². The van der Waals surface area contributed by atoms with E-state index < -0.39 is 5.97 Å². The highest BCUT2D eigenvalue weighted by molar-refractivity contribution is 5.90. The van der Waals surface area contributed by atoms with E-state index in [0.29, 0.717) is 11.7 Å². The second-order valence-corrected chi connectivity index (χ2v) is 3.14. The minimum Gasteiger partial charge on any atom is -0.476 e. The fourth-order valence-corrected chi connectivity index (χ4v) is 1.20. The second-order valence-electron chi connectivity index (χ2n) is 3.14. The lowest BCUT2D eigenvalue weighted by atomic mass is 10.4. The van der Waals surface area contributed by atoms with Crippen LogP contribution in [0.5, 0.6) is 0 Å². The van der Waals surface area contributed by atoms with Gasteiger partial charge in [0.2, 0.25) is 5.89 Å². The Labute approximate surface area is 95.7 Å². The lowest BCUT2D eigenvalue weighted by Crippen LogP contribution is -2.10. The number of nitrogens with one attached hydrogen (secondary N) is 1. The van der Waals surface area contributed by atoms with Gasteiger partial charge in [0.1, 0.15) is 0 Å². The lowest BCUT2D eigenvalue weighted by Gasteiger charge is -2.04. The first-order valence-electron chi connectivity index (χ1n) is 4.74. The fraction of sp³-hybridized carbons (Fsp3) is 0.222. The molecule has 2 rings (SSSR count). The molecule has 0 radical (unpaired) electrons. The molecule has 0 aliphatic rings. The third kappa shape index (κ3) is 2.54. The van der Waals surface area contributed by atoms with E-state index >= 15 is 0 Å². The van der Waals surface area contributed by atoms with Gasteiger partial charge in [-0.25, -0.2) is 14.8 Å². The Kier molecular flexibility index (Phi) is 2.95. The molecule has 0 fully saturated rings. The predicted molar refractivity (Wildman–Crippen MR) is 55.4 cm³/mol. The van der Waals surface area contributed by atoms with Crippen LogP contribution in [-0.4, -0.2) is 31.2 Å². The Morgan fingerprint density at radius 1 is 1.47 bits per heavy atom. The largest absolute Gasteiger partial charge is 0.476 e. The van der Waals surface area contributed by atoms with E-state index in [0.717, 1.165) is 0 Å². The molecule has 8 nitrogen and oxygen atoms in total. The van der Waals surface area contributed by atoms with Crippen molar-refractivity contribution < 1.29 is 14.4 Å². The molecule has 0 atom stereocenters. The van der Waals surface area contributed by atoms with Crippen molar-refractivity contribution in [3.63, 3.8) is 0 Å². The van der Waals surface area contributed by atoms with Gasteiger partial charge in [-0.2, -0.15) is 4.98 Å². The normalized spacial score (nSPS) is 10.2. The van der Waals surface area contributed by atoms with Gasteiger partial charge in [0.25, 0.3) is 0 Å². The molecule has 88 valence electrons. The molecular formula is C9H9N5O3. The van der Waals surface area contributed by atoms with E-state index in [-0.39, 0.29) is 18.1 Å². The van der Waals surface area contributed by atoms with Gasteiger partial charge in [-0.1, -0.05) is 5.16 Å². The molecule has 0 amide bonds. The Morgan fingerprint density at radius 2 is 2.24 bits per heavy atom. The van der Waals surface area contributed by atoms with Crippen molar-refractivity contribution in [2.45, 2.75) is 13.5 Å². The number of carboxylic acid groups (broad SMARTS) is 1. The fourth-order valence-electron chi connectivity index (χ4n) is 1.20. The lowest BCUT2D eigenvalue weighted by molar-refractivity contribution is 0.0691. The number of hydrogen-bond acceptors (Lipinski definition) is 7. The Balaban J connectivity index is 2.11. The third-order valence-corrected chi connectivity index (χ3v) is 1.88. The van der Waals surface area contributed by atoms with Gasteiger partial charge in [0.05, 0.1) is 6.54 Å². The molecule has 17 heavy (non-hydrogen) atoms. The van der Waals surface area contributed by atoms with Crippen LogP contribution in [0.1, 0.15) is 22.2 Å². The van der Waals surface area contributed by atoms with Crippen molar-refractivity contribution in [1.29, 1.82) is 0 Å². The molecule has 2 N–H and O–H groups in total. The summed E-state index contributed by atoms with van der Waals surface area (Å²) in [5.74, 6) is -0.115. The maximum atomic E-state index is 10.8. The van der Waals surface area contributed by atoms with Crippen LogP contribution in [0, 0.1) is 6.92 Å². The molecule has 0 unspecified atom stereocenters. The predicted octanol–water partition coefficient (Wildman–Crippen LogP) is 0.478. The van der Waals surface area contributed by atoms with Gasteiger partial charge in [0.15, 0.2) is 17.3 Å². The van der Waals surface area contributed by atoms with Gasteiger partial charge >= 0.3 is 5.97 Å². The summed E-state index contributed by atoms with van der Waals surface area (Å²) in [5.41, 5.74) is -0.146. The van der Waals surface area contributed by atoms with E-state index in [1.54, 1.807) is 6.92 Å². The number of aromatic carboxylic acids is 1. The zero-order valence-electron chi connectivity index (χ0n) is 8.91. The molecule has 0 bridgehead atoms. The summed E-state index contributed by atoms with van der Waals surface area (Å²) in [5, 5.41) is 15.3. The molecule has 0 saturated carbocycles. The molecule has 2 aromatic rings. The maximum absolute atomic E-state index is 10.8. The van der Waals surface area contributed by atoms with E-state index in [9.17, 15) is 4.79 Å². The highest BCUT2D eigenvalue weighted by Crippen LogP contribution is 2.09. The number of anilines is 1. The zero-order valence-corrected chi connectivity index (χ0v) is 8.91. The highest BCUT2D eigenvalue weighted by Gasteiger charge is 2.12. The van der Waals surface area contributed by atoms with Crippen molar-refractivity contribution in [3.8, 4) is 0 Å². The van der Waals surface area contributed by atoms with Gasteiger partial charge in [0, 0.05) is 19.3 Å². The molecule has 0 aromatic carbocycles. The molecule has 0 aliphatic carbocycles. The summed E-state index contributed by atoms with van der Waals surface area (Å²) in [6, 6.07) is 0. The number of rotatable bonds is 4. The Bertz CT molecular complexity index is 539. The van der Waals surface area contributed by atoms with E-state index in [1.165, 1.54) is 12.4 Å². The zero-order chi connectivity index (χ0) is 12.3. The van der Waals surface area contributed by atoms with Crippen LogP contribution in [0.25, 0.3) is 0 Å². The molecule has 0 spiro atoms. The molecular weight excluding hydrogens is 226 g/mol. The van der Waals surface area contributed by atoms with E-state index in [2.05, 4.69) is 25.4 Å². The van der Waals surface area contributed by atoms with Gasteiger partial charge in [-0.3, -0.25) is 0 Å². The third-order valence-electron chi connectivity index (χ3n) is 1.88.